The normalized spacial score (nSPS) is 18.1. The van der Waals surface area contributed by atoms with Crippen LogP contribution in [0.1, 0.15) is 44.9 Å². The molecule has 0 aromatic rings. The van der Waals surface area contributed by atoms with Gasteiger partial charge in [0.15, 0.2) is 5.96 Å². The fraction of sp³-hybridized carbons (Fsp3) is 0.765. The van der Waals surface area contributed by atoms with Crippen molar-refractivity contribution >= 4 is 23.7 Å². The highest BCUT2D eigenvalue weighted by molar-refractivity contribution is 5.91. The van der Waals surface area contributed by atoms with Crippen LogP contribution in [-0.2, 0) is 14.4 Å². The number of nitrogens with two attached hydrogens (primary N) is 3. The van der Waals surface area contributed by atoms with Crippen LogP contribution in [0, 0.1) is 0 Å². The number of nitrogens with one attached hydrogen (secondary N) is 3. The molecule has 2 amide bonds. The van der Waals surface area contributed by atoms with Gasteiger partial charge in [0.25, 0.3) is 0 Å². The molecule has 160 valence electrons. The van der Waals surface area contributed by atoms with Gasteiger partial charge >= 0.3 is 5.97 Å². The number of guanidine groups is 1. The van der Waals surface area contributed by atoms with Gasteiger partial charge in [-0.3, -0.25) is 14.6 Å². The molecule has 0 aromatic carbocycles. The van der Waals surface area contributed by atoms with Crippen molar-refractivity contribution in [2.24, 2.45) is 22.2 Å². The second kappa shape index (κ2) is 12.9. The van der Waals surface area contributed by atoms with E-state index in [2.05, 4.69) is 20.9 Å². The summed E-state index contributed by atoms with van der Waals surface area (Å²) in [6.07, 6.45) is 3.87. The van der Waals surface area contributed by atoms with Crippen molar-refractivity contribution in [1.82, 2.24) is 16.0 Å². The summed E-state index contributed by atoms with van der Waals surface area (Å²) in [5.74, 6) is -1.97. The molecule has 0 spiro atoms. The molecular weight excluding hydrogens is 366 g/mol. The Kier molecular flexibility index (Phi) is 10.9. The minimum Gasteiger partial charge on any atom is -0.480 e. The van der Waals surface area contributed by atoms with Crippen LogP contribution in [0.25, 0.3) is 0 Å². The molecular formula is C17H33N7O4. The summed E-state index contributed by atoms with van der Waals surface area (Å²) in [5.41, 5.74) is 16.0. The Labute approximate surface area is 164 Å². The number of hydrogen-bond donors (Lipinski definition) is 7. The van der Waals surface area contributed by atoms with E-state index in [1.807, 2.05) is 0 Å². The third kappa shape index (κ3) is 9.00. The smallest absolute Gasteiger partial charge is 0.326 e. The molecule has 1 saturated heterocycles. The molecule has 28 heavy (non-hydrogen) atoms. The third-order valence-electron chi connectivity index (χ3n) is 4.52. The first-order chi connectivity index (χ1) is 13.3. The SMILES string of the molecule is NCCCC[C@H](NC(=O)[C@H](CCCN=C(N)N)NC(=O)[C@@H]1CCCN1)C(=O)O. The summed E-state index contributed by atoms with van der Waals surface area (Å²) in [6.45, 7) is 1.52. The Morgan fingerprint density at radius 2 is 1.82 bits per heavy atom. The van der Waals surface area contributed by atoms with Crippen LogP contribution in [0.4, 0.5) is 0 Å². The molecule has 1 aliphatic rings. The number of aliphatic carboxylic acids is 1. The lowest BCUT2D eigenvalue weighted by molar-refractivity contribution is -0.142. The first-order valence-electron chi connectivity index (χ1n) is 9.67. The van der Waals surface area contributed by atoms with Gasteiger partial charge in [0, 0.05) is 6.54 Å². The van der Waals surface area contributed by atoms with Crippen molar-refractivity contribution in [2.75, 3.05) is 19.6 Å². The van der Waals surface area contributed by atoms with Crippen molar-refractivity contribution in [3.05, 3.63) is 0 Å². The van der Waals surface area contributed by atoms with Gasteiger partial charge < -0.3 is 38.3 Å². The molecule has 3 atom stereocenters. The van der Waals surface area contributed by atoms with Gasteiger partial charge in [0.05, 0.1) is 6.04 Å². The molecule has 11 nitrogen and oxygen atoms in total. The molecule has 0 aliphatic carbocycles. The van der Waals surface area contributed by atoms with Crippen molar-refractivity contribution in [3.63, 3.8) is 0 Å². The van der Waals surface area contributed by atoms with E-state index >= 15 is 0 Å². The Hall–Kier alpha value is -2.40. The summed E-state index contributed by atoms with van der Waals surface area (Å²) in [4.78, 5) is 40.3. The Bertz CT molecular complexity index is 546. The average molecular weight is 399 g/mol. The number of carbonyl (C=O) groups excluding carboxylic acids is 2. The fourth-order valence-electron chi connectivity index (χ4n) is 2.98. The van der Waals surface area contributed by atoms with Crippen molar-refractivity contribution in [2.45, 2.75) is 63.1 Å². The van der Waals surface area contributed by atoms with Crippen molar-refractivity contribution in [1.29, 1.82) is 0 Å². The number of amides is 2. The summed E-state index contributed by atoms with van der Waals surface area (Å²) >= 11 is 0. The van der Waals surface area contributed by atoms with Gasteiger partial charge in [-0.1, -0.05) is 0 Å². The quantitative estimate of drug-likeness (QED) is 0.104. The first kappa shape index (κ1) is 23.6. The molecule has 0 bridgehead atoms. The topological polar surface area (TPSA) is 198 Å². The molecule has 0 unspecified atom stereocenters. The zero-order valence-corrected chi connectivity index (χ0v) is 16.2. The number of hydrogen-bond acceptors (Lipinski definition) is 6. The summed E-state index contributed by atoms with van der Waals surface area (Å²) in [5, 5.41) is 17.7. The van der Waals surface area contributed by atoms with E-state index in [4.69, 9.17) is 17.2 Å². The van der Waals surface area contributed by atoms with Gasteiger partial charge in [0.1, 0.15) is 12.1 Å². The van der Waals surface area contributed by atoms with Crippen LogP contribution >= 0.6 is 0 Å². The van der Waals surface area contributed by atoms with Gasteiger partial charge in [-0.15, -0.1) is 0 Å². The molecule has 0 radical (unpaired) electrons. The maximum atomic E-state index is 12.6. The molecule has 1 rings (SSSR count). The van der Waals surface area contributed by atoms with Crippen LogP contribution in [-0.4, -0.2) is 66.6 Å². The van der Waals surface area contributed by atoms with Crippen LogP contribution in [0.3, 0.4) is 0 Å². The van der Waals surface area contributed by atoms with Crippen LogP contribution in [0.15, 0.2) is 4.99 Å². The highest BCUT2D eigenvalue weighted by atomic mass is 16.4. The van der Waals surface area contributed by atoms with E-state index in [0.717, 1.165) is 13.0 Å². The second-order valence-electron chi connectivity index (χ2n) is 6.84. The monoisotopic (exact) mass is 399 g/mol. The zero-order chi connectivity index (χ0) is 20.9. The Morgan fingerprint density at radius 1 is 1.11 bits per heavy atom. The lowest BCUT2D eigenvalue weighted by Crippen LogP contribution is -2.54. The standard InChI is InChI=1S/C17H33N7O4/c18-8-2-1-5-13(16(27)28)24-15(26)12(7-4-10-22-17(19)20)23-14(25)11-6-3-9-21-11/h11-13,21H,1-10,18H2,(H,23,25)(H,24,26)(H,27,28)(H4,19,20,22)/t11-,12-,13-/m0/s1. The summed E-state index contributed by atoms with van der Waals surface area (Å²) < 4.78 is 0. The van der Waals surface area contributed by atoms with E-state index in [9.17, 15) is 19.5 Å². The van der Waals surface area contributed by atoms with E-state index in [0.29, 0.717) is 38.8 Å². The number of carboxylic acid groups (broad SMARTS) is 1. The number of rotatable bonds is 13. The molecule has 11 heteroatoms. The number of unbranched alkanes of at least 4 members (excludes halogenated alkanes) is 1. The number of carbonyl (C=O) groups is 3. The third-order valence-corrected chi connectivity index (χ3v) is 4.52. The number of nitrogens with zero attached hydrogens (tertiary/aromatic N) is 1. The number of aliphatic imine (C=N–C) groups is 1. The average Bonchev–Trinajstić information content (AvgIpc) is 3.17. The molecule has 1 aliphatic heterocycles. The second-order valence-corrected chi connectivity index (χ2v) is 6.84. The molecule has 1 heterocycles. The molecule has 1 fully saturated rings. The summed E-state index contributed by atoms with van der Waals surface area (Å²) in [6, 6.07) is -2.23. The minimum absolute atomic E-state index is 0.0500. The maximum Gasteiger partial charge on any atom is 0.326 e. The number of carboxylic acids is 1. The first-order valence-corrected chi connectivity index (χ1v) is 9.67. The molecule has 0 saturated carbocycles. The zero-order valence-electron chi connectivity index (χ0n) is 16.2. The maximum absolute atomic E-state index is 12.6. The summed E-state index contributed by atoms with van der Waals surface area (Å²) in [7, 11) is 0. The van der Waals surface area contributed by atoms with Crippen LogP contribution < -0.4 is 33.2 Å². The lowest BCUT2D eigenvalue weighted by atomic mass is 10.1. The predicted molar refractivity (Wildman–Crippen MR) is 105 cm³/mol. The Morgan fingerprint density at radius 3 is 2.39 bits per heavy atom. The van der Waals surface area contributed by atoms with E-state index in [1.54, 1.807) is 0 Å². The Balaban J connectivity index is 2.70. The van der Waals surface area contributed by atoms with Gasteiger partial charge in [-0.25, -0.2) is 4.79 Å². The predicted octanol–water partition coefficient (Wildman–Crippen LogP) is -2.02. The highest BCUT2D eigenvalue weighted by Gasteiger charge is 2.29. The van der Waals surface area contributed by atoms with Gasteiger partial charge in [0.2, 0.25) is 11.8 Å². The van der Waals surface area contributed by atoms with E-state index in [1.165, 1.54) is 0 Å². The van der Waals surface area contributed by atoms with Crippen LogP contribution in [0.2, 0.25) is 0 Å². The highest BCUT2D eigenvalue weighted by Crippen LogP contribution is 2.08. The van der Waals surface area contributed by atoms with E-state index < -0.39 is 24.0 Å². The minimum atomic E-state index is -1.12. The largest absolute Gasteiger partial charge is 0.480 e. The molecule has 0 aromatic heterocycles. The van der Waals surface area contributed by atoms with E-state index in [-0.39, 0.29) is 30.8 Å². The fourth-order valence-corrected chi connectivity index (χ4v) is 2.98. The lowest BCUT2D eigenvalue weighted by Gasteiger charge is -2.23. The van der Waals surface area contributed by atoms with Crippen molar-refractivity contribution in [3.8, 4) is 0 Å². The van der Waals surface area contributed by atoms with Gasteiger partial charge in [-0.2, -0.15) is 0 Å². The van der Waals surface area contributed by atoms with Crippen LogP contribution in [0.5, 0.6) is 0 Å². The van der Waals surface area contributed by atoms with Crippen molar-refractivity contribution < 1.29 is 19.5 Å². The molecule has 10 N–H and O–H groups in total. The van der Waals surface area contributed by atoms with Gasteiger partial charge in [-0.05, 0) is 58.0 Å².